The van der Waals surface area contributed by atoms with Gasteiger partial charge in [-0.1, -0.05) is 91.0 Å². The molecule has 5 rings (SSSR count). The molecule has 0 radical (unpaired) electrons. The van der Waals surface area contributed by atoms with Crippen molar-refractivity contribution in [2.75, 3.05) is 6.61 Å². The van der Waals surface area contributed by atoms with Gasteiger partial charge in [0.15, 0.2) is 0 Å². The molecular formula is C28H25F3N2O3. The molecule has 5 nitrogen and oxygen atoms in total. The van der Waals surface area contributed by atoms with Crippen molar-refractivity contribution in [3.05, 3.63) is 126 Å². The molecule has 1 saturated carbocycles. The lowest BCUT2D eigenvalue weighted by Crippen LogP contribution is -2.36. The van der Waals surface area contributed by atoms with Gasteiger partial charge in [0.2, 0.25) is 0 Å². The first-order valence-corrected chi connectivity index (χ1v) is 11.4. The Morgan fingerprint density at radius 2 is 1.28 bits per heavy atom. The summed E-state index contributed by atoms with van der Waals surface area (Å²) in [4.78, 5) is 13.7. The minimum atomic E-state index is -5.08. The van der Waals surface area contributed by atoms with Gasteiger partial charge in [0.25, 0.3) is 0 Å². The highest BCUT2D eigenvalue weighted by molar-refractivity contribution is 5.73. The predicted octanol–water partition coefficient (Wildman–Crippen LogP) is 5.45. The SMILES string of the molecule is O=C(O)C(F)(F)F.OCC1CC1c1cn(C(c2ccccc2)(c2ccccc2)c2ccccc2)cn1. The van der Waals surface area contributed by atoms with Gasteiger partial charge in [0, 0.05) is 18.7 Å². The molecule has 186 valence electrons. The van der Waals surface area contributed by atoms with Crippen LogP contribution in [0.5, 0.6) is 0 Å². The van der Waals surface area contributed by atoms with E-state index in [1.54, 1.807) is 0 Å². The summed E-state index contributed by atoms with van der Waals surface area (Å²) in [6.07, 6.45) is 0.0605. The number of carbonyl (C=O) groups is 1. The maximum atomic E-state index is 10.6. The van der Waals surface area contributed by atoms with E-state index in [9.17, 15) is 18.3 Å². The number of hydrogen-bond acceptors (Lipinski definition) is 3. The molecule has 1 fully saturated rings. The molecule has 1 aliphatic carbocycles. The van der Waals surface area contributed by atoms with Gasteiger partial charge in [-0.3, -0.25) is 0 Å². The van der Waals surface area contributed by atoms with E-state index >= 15 is 0 Å². The van der Waals surface area contributed by atoms with Gasteiger partial charge in [-0.15, -0.1) is 0 Å². The second kappa shape index (κ2) is 10.4. The van der Waals surface area contributed by atoms with Crippen molar-refractivity contribution in [3.63, 3.8) is 0 Å². The van der Waals surface area contributed by atoms with E-state index < -0.39 is 17.7 Å². The highest BCUT2D eigenvalue weighted by Crippen LogP contribution is 2.47. The van der Waals surface area contributed by atoms with Gasteiger partial charge in [-0.05, 0) is 29.0 Å². The molecule has 2 unspecified atom stereocenters. The van der Waals surface area contributed by atoms with Crippen LogP contribution in [-0.4, -0.2) is 38.5 Å². The second-order valence-corrected chi connectivity index (χ2v) is 8.60. The Hall–Kier alpha value is -3.91. The van der Waals surface area contributed by atoms with Crippen LogP contribution in [0, 0.1) is 5.92 Å². The van der Waals surface area contributed by atoms with E-state index in [1.807, 2.05) is 6.33 Å². The predicted molar refractivity (Wildman–Crippen MR) is 128 cm³/mol. The zero-order valence-corrected chi connectivity index (χ0v) is 19.2. The Morgan fingerprint density at radius 3 is 1.61 bits per heavy atom. The van der Waals surface area contributed by atoms with E-state index in [1.165, 1.54) is 16.7 Å². The molecule has 0 amide bonds. The van der Waals surface area contributed by atoms with Gasteiger partial charge in [-0.25, -0.2) is 9.78 Å². The highest BCUT2D eigenvalue weighted by atomic mass is 19.4. The van der Waals surface area contributed by atoms with Crippen LogP contribution in [0.3, 0.4) is 0 Å². The zero-order chi connectivity index (χ0) is 25.8. The number of aliphatic hydroxyl groups excluding tert-OH is 1. The van der Waals surface area contributed by atoms with Gasteiger partial charge in [-0.2, -0.15) is 13.2 Å². The van der Waals surface area contributed by atoms with Crippen molar-refractivity contribution >= 4 is 5.97 Å². The summed E-state index contributed by atoms with van der Waals surface area (Å²) >= 11 is 0. The van der Waals surface area contributed by atoms with Crippen molar-refractivity contribution in [2.45, 2.75) is 24.1 Å². The average molecular weight is 495 g/mol. The number of carboxylic acid groups (broad SMARTS) is 1. The second-order valence-electron chi connectivity index (χ2n) is 8.60. The number of aliphatic carboxylic acids is 1. The summed E-state index contributed by atoms with van der Waals surface area (Å²) in [5.74, 6) is -2.05. The molecule has 1 aromatic heterocycles. The first-order valence-electron chi connectivity index (χ1n) is 11.4. The molecule has 36 heavy (non-hydrogen) atoms. The average Bonchev–Trinajstić information content (AvgIpc) is 3.53. The summed E-state index contributed by atoms with van der Waals surface area (Å²) < 4.78 is 34.0. The summed E-state index contributed by atoms with van der Waals surface area (Å²) in [6, 6.07) is 31.9. The first kappa shape index (κ1) is 25.2. The standard InChI is InChI=1S/C26H24N2O.C2HF3O2/c29-18-20-16-24(20)25-17-28(19-27-25)26(21-10-4-1-5-11-21,22-12-6-2-7-13-22)23-14-8-3-9-15-23;3-2(4,5)1(6)7/h1-15,17,19-20,24,29H,16,18H2;(H,6,7). The fourth-order valence-electron chi connectivity index (χ4n) is 4.51. The molecule has 0 aliphatic heterocycles. The third-order valence-electron chi connectivity index (χ3n) is 6.34. The Balaban J connectivity index is 0.000000384. The number of carboxylic acids is 1. The van der Waals surface area contributed by atoms with E-state index in [-0.39, 0.29) is 6.61 Å². The highest BCUT2D eigenvalue weighted by Gasteiger charge is 2.42. The number of nitrogens with zero attached hydrogens (tertiary/aromatic N) is 2. The van der Waals surface area contributed by atoms with Crippen molar-refractivity contribution in [1.82, 2.24) is 9.55 Å². The molecule has 2 atom stereocenters. The normalized spacial score (nSPS) is 17.1. The Labute approximate surface area is 206 Å². The molecule has 3 aromatic carbocycles. The van der Waals surface area contributed by atoms with Crippen LogP contribution in [0.25, 0.3) is 0 Å². The summed E-state index contributed by atoms with van der Waals surface area (Å²) in [5, 5.41) is 16.6. The topological polar surface area (TPSA) is 75.3 Å². The lowest BCUT2D eigenvalue weighted by atomic mass is 9.77. The third-order valence-corrected chi connectivity index (χ3v) is 6.34. The molecule has 1 aliphatic rings. The molecule has 0 spiro atoms. The number of aromatic nitrogens is 2. The minimum absolute atomic E-state index is 0.235. The largest absolute Gasteiger partial charge is 0.490 e. The van der Waals surface area contributed by atoms with Crippen molar-refractivity contribution < 1.29 is 28.2 Å². The smallest absolute Gasteiger partial charge is 0.475 e. The van der Waals surface area contributed by atoms with Crippen molar-refractivity contribution in [2.24, 2.45) is 5.92 Å². The molecule has 2 N–H and O–H groups in total. The Kier molecular flexibility index (Phi) is 7.26. The molecule has 4 aromatic rings. The maximum Gasteiger partial charge on any atom is 0.490 e. The summed E-state index contributed by atoms with van der Waals surface area (Å²) in [7, 11) is 0. The van der Waals surface area contributed by atoms with Crippen LogP contribution in [0.2, 0.25) is 0 Å². The fourth-order valence-corrected chi connectivity index (χ4v) is 4.51. The minimum Gasteiger partial charge on any atom is -0.475 e. The number of aliphatic hydroxyl groups is 1. The molecule has 0 bridgehead atoms. The van der Waals surface area contributed by atoms with Crippen LogP contribution >= 0.6 is 0 Å². The van der Waals surface area contributed by atoms with Crippen LogP contribution in [0.4, 0.5) is 13.2 Å². The van der Waals surface area contributed by atoms with E-state index in [2.05, 4.69) is 102 Å². The van der Waals surface area contributed by atoms with Crippen molar-refractivity contribution in [3.8, 4) is 0 Å². The fraction of sp³-hybridized carbons (Fsp3) is 0.214. The molecule has 8 heteroatoms. The number of imidazole rings is 1. The van der Waals surface area contributed by atoms with E-state index in [0.717, 1.165) is 12.1 Å². The van der Waals surface area contributed by atoms with E-state index in [4.69, 9.17) is 14.9 Å². The summed E-state index contributed by atoms with van der Waals surface area (Å²) in [5.41, 5.74) is 4.12. The Morgan fingerprint density at radius 1 is 0.861 bits per heavy atom. The van der Waals surface area contributed by atoms with Crippen LogP contribution in [0.15, 0.2) is 104 Å². The number of halogens is 3. The van der Waals surface area contributed by atoms with Crippen molar-refractivity contribution in [1.29, 1.82) is 0 Å². The number of rotatable bonds is 6. The van der Waals surface area contributed by atoms with Gasteiger partial charge < -0.3 is 14.8 Å². The third kappa shape index (κ3) is 5.04. The quantitative estimate of drug-likeness (QED) is 0.350. The number of alkyl halides is 3. The lowest BCUT2D eigenvalue weighted by molar-refractivity contribution is -0.192. The van der Waals surface area contributed by atoms with Crippen LogP contribution in [-0.2, 0) is 10.3 Å². The van der Waals surface area contributed by atoms with Crippen LogP contribution in [0.1, 0.15) is 34.7 Å². The van der Waals surface area contributed by atoms with E-state index in [0.29, 0.717) is 11.8 Å². The molecular weight excluding hydrogens is 469 g/mol. The summed E-state index contributed by atoms with van der Waals surface area (Å²) in [6.45, 7) is 0.235. The monoisotopic (exact) mass is 494 g/mol. The molecule has 1 heterocycles. The zero-order valence-electron chi connectivity index (χ0n) is 19.2. The number of benzene rings is 3. The lowest BCUT2D eigenvalue weighted by Gasteiger charge is -2.37. The first-order chi connectivity index (χ1) is 17.3. The molecule has 0 saturated heterocycles. The number of hydrogen-bond donors (Lipinski definition) is 2. The van der Waals surface area contributed by atoms with Gasteiger partial charge in [0.1, 0.15) is 5.54 Å². The van der Waals surface area contributed by atoms with Gasteiger partial charge >= 0.3 is 12.1 Å². The van der Waals surface area contributed by atoms with Gasteiger partial charge in [0.05, 0.1) is 12.0 Å². The van der Waals surface area contributed by atoms with Crippen LogP contribution < -0.4 is 0 Å². The Bertz CT molecular complexity index is 1180. The maximum absolute atomic E-state index is 10.6.